The van der Waals surface area contributed by atoms with E-state index < -0.39 is 49.1 Å². The number of carbonyl (C=O) groups is 2. The Labute approximate surface area is 163 Å². The first-order chi connectivity index (χ1) is 13.8. The molecule has 0 amide bonds. The third-order valence-electron chi connectivity index (χ3n) is 4.31. The summed E-state index contributed by atoms with van der Waals surface area (Å²) < 4.78 is 31.2. The maximum absolute atomic E-state index is 13.6. The zero-order chi connectivity index (χ0) is 21.2. The van der Waals surface area contributed by atoms with Gasteiger partial charge in [0.1, 0.15) is 18.9 Å². The van der Waals surface area contributed by atoms with Gasteiger partial charge in [-0.1, -0.05) is 5.92 Å². The second kappa shape index (κ2) is 7.95. The third kappa shape index (κ3) is 3.81. The van der Waals surface area contributed by atoms with Crippen molar-refractivity contribution in [2.24, 2.45) is 11.5 Å². The van der Waals surface area contributed by atoms with Crippen molar-refractivity contribution in [1.82, 2.24) is 19.5 Å². The molecule has 0 bridgehead atoms. The highest BCUT2D eigenvalue weighted by Crippen LogP contribution is 2.40. The number of hydrogen-bond acceptors (Lipinski definition) is 11. The van der Waals surface area contributed by atoms with Crippen molar-refractivity contribution < 1.29 is 28.2 Å². The van der Waals surface area contributed by atoms with Crippen LogP contribution in [0.15, 0.2) is 6.33 Å². The van der Waals surface area contributed by atoms with E-state index in [-0.39, 0.29) is 29.9 Å². The minimum Gasteiger partial charge on any atom is -0.460 e. The number of fused-ring (bicyclic) bond motifs is 1. The summed E-state index contributed by atoms with van der Waals surface area (Å²) in [7, 11) is 0. The van der Waals surface area contributed by atoms with Crippen molar-refractivity contribution in [2.75, 3.05) is 25.4 Å². The van der Waals surface area contributed by atoms with Crippen molar-refractivity contribution in [1.29, 1.82) is 0 Å². The molecule has 1 aliphatic rings. The molecule has 3 heterocycles. The first kappa shape index (κ1) is 20.4. The van der Waals surface area contributed by atoms with Crippen molar-refractivity contribution in [3.63, 3.8) is 0 Å². The number of imidazole rings is 1. The van der Waals surface area contributed by atoms with E-state index in [4.69, 9.17) is 37.8 Å². The molecule has 0 spiro atoms. The van der Waals surface area contributed by atoms with Gasteiger partial charge in [-0.05, 0) is 0 Å². The molecule has 154 valence electrons. The predicted molar refractivity (Wildman–Crippen MR) is 94.9 cm³/mol. The zero-order valence-corrected chi connectivity index (χ0v) is 15.1. The highest BCUT2D eigenvalue weighted by Gasteiger charge is 2.52. The molecule has 0 aromatic carbocycles. The van der Waals surface area contributed by atoms with Gasteiger partial charge < -0.3 is 31.4 Å². The van der Waals surface area contributed by atoms with Gasteiger partial charge in [0, 0.05) is 6.42 Å². The number of nitrogens with two attached hydrogens (primary N) is 3. The van der Waals surface area contributed by atoms with Crippen LogP contribution >= 0.6 is 0 Å². The van der Waals surface area contributed by atoms with Gasteiger partial charge in [-0.15, -0.1) is 6.42 Å². The molecule has 0 radical (unpaired) electrons. The maximum Gasteiger partial charge on any atom is 0.320 e. The Morgan fingerprint density at radius 2 is 2.10 bits per heavy atom. The first-order valence-corrected chi connectivity index (χ1v) is 8.40. The molecule has 2 aromatic rings. The second-order valence-corrected chi connectivity index (χ2v) is 6.09. The Bertz CT molecular complexity index is 990. The molecule has 3 rings (SSSR count). The lowest BCUT2D eigenvalue weighted by molar-refractivity contribution is -0.165. The molecule has 2 aromatic heterocycles. The second-order valence-electron chi connectivity index (χ2n) is 6.09. The SMILES string of the molecule is C#C[C@]1(COC(=O)CN)O[C@@H](n2cnc3c(N)nc(F)nc32)C[C@@H]1OC(=O)CN. The highest BCUT2D eigenvalue weighted by molar-refractivity contribution is 5.81. The van der Waals surface area contributed by atoms with Crippen LogP contribution in [0.2, 0.25) is 0 Å². The van der Waals surface area contributed by atoms with Gasteiger partial charge in [-0.2, -0.15) is 14.4 Å². The van der Waals surface area contributed by atoms with Crippen molar-refractivity contribution in [3.05, 3.63) is 12.4 Å². The van der Waals surface area contributed by atoms with Gasteiger partial charge in [0.05, 0.1) is 19.4 Å². The Morgan fingerprint density at radius 1 is 1.38 bits per heavy atom. The van der Waals surface area contributed by atoms with E-state index in [1.54, 1.807) is 0 Å². The highest BCUT2D eigenvalue weighted by atomic mass is 19.1. The average Bonchev–Trinajstić information content (AvgIpc) is 3.28. The van der Waals surface area contributed by atoms with Crippen molar-refractivity contribution in [2.45, 2.75) is 24.4 Å². The number of ether oxygens (including phenoxy) is 3. The number of nitrogens with zero attached hydrogens (tertiary/aromatic N) is 4. The van der Waals surface area contributed by atoms with Crippen LogP contribution in [0, 0.1) is 18.4 Å². The third-order valence-corrected chi connectivity index (χ3v) is 4.31. The molecular formula is C16H18FN7O5. The number of carbonyl (C=O) groups excluding carboxylic acids is 2. The number of terminal acetylenes is 1. The fourth-order valence-corrected chi connectivity index (χ4v) is 2.92. The van der Waals surface area contributed by atoms with E-state index in [0.29, 0.717) is 0 Å². The summed E-state index contributed by atoms with van der Waals surface area (Å²) in [6, 6.07) is 0. The quantitative estimate of drug-likeness (QED) is 0.279. The minimum absolute atomic E-state index is 0.0209. The molecule has 0 unspecified atom stereocenters. The lowest BCUT2D eigenvalue weighted by Gasteiger charge is -2.28. The van der Waals surface area contributed by atoms with Crippen LogP contribution in [0.5, 0.6) is 0 Å². The van der Waals surface area contributed by atoms with Crippen molar-refractivity contribution in [3.8, 4) is 12.3 Å². The summed E-state index contributed by atoms with van der Waals surface area (Å²) in [4.78, 5) is 34.4. The van der Waals surface area contributed by atoms with Gasteiger partial charge in [0.15, 0.2) is 17.0 Å². The van der Waals surface area contributed by atoms with Gasteiger partial charge in [0.2, 0.25) is 5.60 Å². The van der Waals surface area contributed by atoms with E-state index in [1.165, 1.54) is 10.9 Å². The van der Waals surface area contributed by atoms with E-state index in [1.807, 2.05) is 0 Å². The molecule has 13 heteroatoms. The predicted octanol–water partition coefficient (Wildman–Crippen LogP) is -1.79. The minimum atomic E-state index is -1.63. The molecular weight excluding hydrogens is 389 g/mol. The van der Waals surface area contributed by atoms with Gasteiger partial charge >= 0.3 is 18.0 Å². The standard InChI is InChI=1S/C16H18FN7O5/c1-2-16(6-27-10(25)4-18)8(28-11(26)5-19)3-9(29-16)24-7-21-12-13(20)22-15(17)23-14(12)24/h1,7-9H,3-6,18-19H2,(H2,20,22,23)/t8-,9+,16+/m0/s1. The fraction of sp³-hybridized carbons (Fsp3) is 0.438. The summed E-state index contributed by atoms with van der Waals surface area (Å²) in [5, 5.41) is 0. The topological polar surface area (TPSA) is 183 Å². The summed E-state index contributed by atoms with van der Waals surface area (Å²) >= 11 is 0. The van der Waals surface area contributed by atoms with Crippen molar-refractivity contribution >= 4 is 28.9 Å². The molecule has 1 aliphatic heterocycles. The number of esters is 2. The lowest BCUT2D eigenvalue weighted by Crippen LogP contribution is -2.46. The van der Waals surface area contributed by atoms with Crippen LogP contribution in [0.1, 0.15) is 12.6 Å². The van der Waals surface area contributed by atoms with Gasteiger partial charge in [0.25, 0.3) is 0 Å². The molecule has 0 aliphatic carbocycles. The normalized spacial score (nSPS) is 23.7. The first-order valence-electron chi connectivity index (χ1n) is 8.40. The van der Waals surface area contributed by atoms with Gasteiger partial charge in [-0.3, -0.25) is 14.2 Å². The average molecular weight is 407 g/mol. The molecule has 29 heavy (non-hydrogen) atoms. The van der Waals surface area contributed by atoms with Crippen LogP contribution in [0.3, 0.4) is 0 Å². The number of anilines is 1. The Morgan fingerprint density at radius 3 is 2.76 bits per heavy atom. The van der Waals surface area contributed by atoms with Crippen LogP contribution in [-0.4, -0.2) is 62.9 Å². The van der Waals surface area contributed by atoms with E-state index in [0.717, 1.165) is 0 Å². The number of halogens is 1. The smallest absolute Gasteiger partial charge is 0.320 e. The van der Waals surface area contributed by atoms with Crippen LogP contribution in [0.25, 0.3) is 11.2 Å². The summed E-state index contributed by atoms with van der Waals surface area (Å²) in [6.45, 7) is -1.21. The molecule has 0 saturated carbocycles. The largest absolute Gasteiger partial charge is 0.460 e. The Hall–Kier alpha value is -3.34. The Kier molecular flexibility index (Phi) is 5.59. The van der Waals surface area contributed by atoms with Gasteiger partial charge in [-0.25, -0.2) is 4.98 Å². The summed E-state index contributed by atoms with van der Waals surface area (Å²) in [5.74, 6) is 0.750. The lowest BCUT2D eigenvalue weighted by atomic mass is 9.98. The summed E-state index contributed by atoms with van der Waals surface area (Å²) in [6.07, 6.45) is 3.98. The number of aromatic nitrogens is 4. The molecule has 12 nitrogen and oxygen atoms in total. The molecule has 1 saturated heterocycles. The molecule has 1 fully saturated rings. The number of rotatable bonds is 6. The van der Waals surface area contributed by atoms with E-state index in [2.05, 4.69) is 20.9 Å². The van der Waals surface area contributed by atoms with Crippen LogP contribution in [0.4, 0.5) is 10.2 Å². The number of nitrogen functional groups attached to an aromatic ring is 1. The van der Waals surface area contributed by atoms with E-state index in [9.17, 15) is 14.0 Å². The van der Waals surface area contributed by atoms with E-state index >= 15 is 0 Å². The molecule has 3 atom stereocenters. The Balaban J connectivity index is 1.97. The van der Waals surface area contributed by atoms with Crippen LogP contribution < -0.4 is 17.2 Å². The summed E-state index contributed by atoms with van der Waals surface area (Å²) in [5.41, 5.74) is 14.8. The molecule has 6 N–H and O–H groups in total. The zero-order valence-electron chi connectivity index (χ0n) is 15.1. The fourth-order valence-electron chi connectivity index (χ4n) is 2.92. The number of hydrogen-bond donors (Lipinski definition) is 3. The maximum atomic E-state index is 13.6. The van der Waals surface area contributed by atoms with Crippen LogP contribution in [-0.2, 0) is 23.8 Å². The monoisotopic (exact) mass is 407 g/mol.